The standard InChI is InChI=1S/C26H34N8O7/c1-3-28-24(38)21-19(36)20(37)25(41-21)34-13-29-18-22(27)30-16(31-23(18)34)6-4-5-14-7-9-33(10-8-14)26(39)40-15-11-17(35)32(2)12-15/h13-15,19-21,25,36-37H,3,5,7-12H2,1-2H3,(H,28,38)(H2,27,30,31)/t15?,19?,20-,21-,25+/m0/s1. The molecule has 2 aromatic heterocycles. The molecule has 2 unspecified atom stereocenters. The molecule has 3 saturated heterocycles. The second-order valence-corrected chi connectivity index (χ2v) is 10.5. The number of likely N-dealkylation sites (tertiary alicyclic amines) is 2. The molecule has 2 aromatic rings. The molecule has 0 aliphatic carbocycles. The third-order valence-corrected chi connectivity index (χ3v) is 7.61. The van der Waals surface area contributed by atoms with E-state index in [0.717, 1.165) is 12.8 Å². The summed E-state index contributed by atoms with van der Waals surface area (Å²) in [5.41, 5.74) is 6.62. The van der Waals surface area contributed by atoms with Crippen LogP contribution in [0, 0.1) is 17.8 Å². The first-order valence-corrected chi connectivity index (χ1v) is 13.6. The van der Waals surface area contributed by atoms with Crippen LogP contribution < -0.4 is 11.1 Å². The number of piperidine rings is 1. The Kier molecular flexibility index (Phi) is 8.25. The molecular weight excluding hydrogens is 536 g/mol. The lowest BCUT2D eigenvalue weighted by Gasteiger charge is -2.31. The van der Waals surface area contributed by atoms with Crippen molar-refractivity contribution in [3.8, 4) is 11.8 Å². The Labute approximate surface area is 236 Å². The van der Waals surface area contributed by atoms with E-state index in [-0.39, 0.29) is 41.1 Å². The topological polar surface area (TPSA) is 198 Å². The number of aliphatic hydroxyl groups excluding tert-OH is 2. The lowest BCUT2D eigenvalue weighted by Crippen LogP contribution is -2.42. The van der Waals surface area contributed by atoms with Crippen molar-refractivity contribution in [1.82, 2.24) is 34.6 Å². The number of nitrogens with zero attached hydrogens (tertiary/aromatic N) is 6. The predicted octanol–water partition coefficient (Wildman–Crippen LogP) is -1.02. The van der Waals surface area contributed by atoms with Gasteiger partial charge in [0.05, 0.1) is 19.3 Å². The molecule has 3 aliphatic rings. The number of aromatic nitrogens is 4. The van der Waals surface area contributed by atoms with Crippen molar-refractivity contribution >= 4 is 34.9 Å². The highest BCUT2D eigenvalue weighted by molar-refractivity contribution is 5.83. The number of carbonyl (C=O) groups excluding carboxylic acids is 3. The Morgan fingerprint density at radius 1 is 1.24 bits per heavy atom. The van der Waals surface area contributed by atoms with Crippen LogP contribution in [0.4, 0.5) is 10.6 Å². The van der Waals surface area contributed by atoms with Gasteiger partial charge in [-0.3, -0.25) is 14.2 Å². The minimum Gasteiger partial charge on any atom is -0.444 e. The Balaban J connectivity index is 1.20. The maximum Gasteiger partial charge on any atom is 0.410 e. The molecule has 0 spiro atoms. The van der Waals surface area contributed by atoms with Crippen LogP contribution in [0.5, 0.6) is 0 Å². The average molecular weight is 571 g/mol. The van der Waals surface area contributed by atoms with Gasteiger partial charge in [0.1, 0.15) is 23.8 Å². The first kappa shape index (κ1) is 28.5. The van der Waals surface area contributed by atoms with Gasteiger partial charge in [-0.1, -0.05) is 5.92 Å². The fourth-order valence-electron chi connectivity index (χ4n) is 5.27. The largest absolute Gasteiger partial charge is 0.444 e. The SMILES string of the molecule is CCNC(=O)[C@H]1O[C@@H](n2cnc3c(N)nc(C#CCC4CCN(C(=O)OC5CC(=O)N(C)C5)CC4)nc32)[C@@H](O)C1O. The van der Waals surface area contributed by atoms with Crippen molar-refractivity contribution < 1.29 is 34.1 Å². The molecule has 5 atom stereocenters. The van der Waals surface area contributed by atoms with Crippen LogP contribution in [0.25, 0.3) is 11.2 Å². The number of anilines is 1. The number of amides is 3. The highest BCUT2D eigenvalue weighted by Gasteiger charge is 2.47. The van der Waals surface area contributed by atoms with Crippen LogP contribution in [0.15, 0.2) is 6.33 Å². The van der Waals surface area contributed by atoms with Crippen LogP contribution in [-0.4, -0.2) is 115 Å². The van der Waals surface area contributed by atoms with Gasteiger partial charge in [0.25, 0.3) is 5.91 Å². The number of rotatable bonds is 5. The van der Waals surface area contributed by atoms with Crippen molar-refractivity contribution in [3.05, 3.63) is 12.2 Å². The number of nitrogen functional groups attached to an aromatic ring is 1. The van der Waals surface area contributed by atoms with E-state index in [4.69, 9.17) is 15.2 Å². The van der Waals surface area contributed by atoms with Crippen molar-refractivity contribution in [2.75, 3.05) is 39.0 Å². The monoisotopic (exact) mass is 570 g/mol. The van der Waals surface area contributed by atoms with Crippen LogP contribution in [0.2, 0.25) is 0 Å². The minimum absolute atomic E-state index is 0.0252. The number of carbonyl (C=O) groups is 3. The Morgan fingerprint density at radius 2 is 2.00 bits per heavy atom. The third kappa shape index (κ3) is 5.90. The molecule has 5 heterocycles. The molecular formula is C26H34N8O7. The quantitative estimate of drug-likeness (QED) is 0.321. The van der Waals surface area contributed by atoms with E-state index in [1.165, 1.54) is 10.9 Å². The molecule has 0 radical (unpaired) electrons. The first-order chi connectivity index (χ1) is 19.7. The van der Waals surface area contributed by atoms with Gasteiger partial charge in [0, 0.05) is 33.1 Å². The van der Waals surface area contributed by atoms with Crippen LogP contribution in [0.1, 0.15) is 44.7 Å². The van der Waals surface area contributed by atoms with Crippen molar-refractivity contribution in [3.63, 3.8) is 0 Å². The Morgan fingerprint density at radius 3 is 2.68 bits per heavy atom. The molecule has 0 saturated carbocycles. The second kappa shape index (κ2) is 11.9. The van der Waals surface area contributed by atoms with Gasteiger partial charge >= 0.3 is 6.09 Å². The summed E-state index contributed by atoms with van der Waals surface area (Å²) >= 11 is 0. The second-order valence-electron chi connectivity index (χ2n) is 10.5. The highest BCUT2D eigenvalue weighted by atomic mass is 16.6. The van der Waals surface area contributed by atoms with Gasteiger partial charge in [0.2, 0.25) is 11.7 Å². The van der Waals surface area contributed by atoms with E-state index < -0.39 is 42.6 Å². The minimum atomic E-state index is -1.44. The summed E-state index contributed by atoms with van der Waals surface area (Å²) in [4.78, 5) is 52.5. The first-order valence-electron chi connectivity index (χ1n) is 13.6. The summed E-state index contributed by atoms with van der Waals surface area (Å²) in [5.74, 6) is 5.99. The maximum absolute atomic E-state index is 12.5. The summed E-state index contributed by atoms with van der Waals surface area (Å²) in [5, 5.41) is 23.5. The van der Waals surface area contributed by atoms with Crippen LogP contribution in [-0.2, 0) is 19.1 Å². The number of nitrogens with one attached hydrogen (secondary N) is 1. The Hall–Kier alpha value is -4.00. The molecule has 5 N–H and O–H groups in total. The normalized spacial score (nSPS) is 26.7. The van der Waals surface area contributed by atoms with Gasteiger partial charge in [-0.25, -0.2) is 19.7 Å². The molecule has 3 fully saturated rings. The smallest absolute Gasteiger partial charge is 0.410 e. The van der Waals surface area contributed by atoms with Gasteiger partial charge in [-0.05, 0) is 31.6 Å². The summed E-state index contributed by atoms with van der Waals surface area (Å²) in [6, 6.07) is 0. The number of ether oxygens (including phenoxy) is 2. The number of hydrogen-bond donors (Lipinski definition) is 4. The van der Waals surface area contributed by atoms with Crippen molar-refractivity contribution in [2.45, 2.75) is 63.3 Å². The molecule has 0 aromatic carbocycles. The number of hydrogen-bond acceptors (Lipinski definition) is 11. The zero-order valence-electron chi connectivity index (χ0n) is 22.9. The van der Waals surface area contributed by atoms with E-state index in [1.54, 1.807) is 23.8 Å². The molecule has 220 valence electrons. The average Bonchev–Trinajstić information content (AvgIpc) is 3.60. The summed E-state index contributed by atoms with van der Waals surface area (Å²) in [6.07, 6.45) is -2.36. The van der Waals surface area contributed by atoms with Crippen molar-refractivity contribution in [2.24, 2.45) is 5.92 Å². The molecule has 5 rings (SSSR count). The zero-order valence-corrected chi connectivity index (χ0v) is 22.9. The molecule has 15 nitrogen and oxygen atoms in total. The maximum atomic E-state index is 12.5. The van der Waals surface area contributed by atoms with Gasteiger partial charge < -0.3 is 40.5 Å². The van der Waals surface area contributed by atoms with Crippen LogP contribution in [0.3, 0.4) is 0 Å². The van der Waals surface area contributed by atoms with E-state index in [2.05, 4.69) is 32.1 Å². The summed E-state index contributed by atoms with van der Waals surface area (Å²) < 4.78 is 12.6. The highest BCUT2D eigenvalue weighted by Crippen LogP contribution is 2.32. The Bertz CT molecular complexity index is 1380. The third-order valence-electron chi connectivity index (χ3n) is 7.61. The number of nitrogens with two attached hydrogens (primary N) is 1. The number of likely N-dealkylation sites (N-methyl/N-ethyl adjacent to an activating group) is 2. The lowest BCUT2D eigenvalue weighted by molar-refractivity contribution is -0.137. The van der Waals surface area contributed by atoms with Gasteiger partial charge in [-0.2, -0.15) is 0 Å². The molecule has 3 amide bonds. The molecule has 3 aliphatic heterocycles. The molecule has 41 heavy (non-hydrogen) atoms. The summed E-state index contributed by atoms with van der Waals surface area (Å²) in [6.45, 7) is 3.59. The molecule has 15 heteroatoms. The van der Waals surface area contributed by atoms with E-state index in [1.807, 2.05) is 0 Å². The van der Waals surface area contributed by atoms with E-state index in [9.17, 15) is 24.6 Å². The number of aliphatic hydroxyl groups is 2. The predicted molar refractivity (Wildman–Crippen MR) is 143 cm³/mol. The van der Waals surface area contributed by atoms with Crippen LogP contribution >= 0.6 is 0 Å². The fourth-order valence-corrected chi connectivity index (χ4v) is 5.27. The molecule has 0 bridgehead atoms. The van der Waals surface area contributed by atoms with Crippen molar-refractivity contribution in [1.29, 1.82) is 0 Å². The summed E-state index contributed by atoms with van der Waals surface area (Å²) in [7, 11) is 1.69. The number of imidazole rings is 1. The van der Waals surface area contributed by atoms with E-state index in [0.29, 0.717) is 32.6 Å². The zero-order chi connectivity index (χ0) is 29.3. The van der Waals surface area contributed by atoms with Gasteiger partial charge in [-0.15, -0.1) is 0 Å². The number of fused-ring (bicyclic) bond motifs is 1. The van der Waals surface area contributed by atoms with E-state index >= 15 is 0 Å². The van der Waals surface area contributed by atoms with Gasteiger partial charge in [0.15, 0.2) is 23.8 Å². The fraction of sp³-hybridized carbons (Fsp3) is 0.615. The lowest BCUT2D eigenvalue weighted by atomic mass is 9.94.